The highest BCUT2D eigenvalue weighted by Gasteiger charge is 2.50. The van der Waals surface area contributed by atoms with Gasteiger partial charge in [0.2, 0.25) is 5.91 Å². The predicted octanol–water partition coefficient (Wildman–Crippen LogP) is 3.72. The van der Waals surface area contributed by atoms with Gasteiger partial charge in [0.1, 0.15) is 11.8 Å². The van der Waals surface area contributed by atoms with Crippen LogP contribution in [0.2, 0.25) is 0 Å². The minimum Gasteiger partial charge on any atom is -0.406 e. The number of ether oxygens (including phenoxy) is 1. The van der Waals surface area contributed by atoms with Gasteiger partial charge in [0.15, 0.2) is 0 Å². The molecule has 2 amide bonds. The number of halogens is 3. The average Bonchev–Trinajstić information content (AvgIpc) is 3.25. The van der Waals surface area contributed by atoms with Crippen LogP contribution >= 0.6 is 0 Å². The van der Waals surface area contributed by atoms with Crippen LogP contribution in [0, 0.1) is 5.41 Å². The van der Waals surface area contributed by atoms with Crippen LogP contribution in [0.4, 0.5) is 13.2 Å². The fraction of sp³-hybridized carbons (Fsp3) is 0.500. The van der Waals surface area contributed by atoms with Gasteiger partial charge < -0.3 is 20.1 Å². The molecule has 5 rings (SSSR count). The molecule has 3 aliphatic rings. The van der Waals surface area contributed by atoms with Crippen molar-refractivity contribution >= 4 is 11.8 Å². The highest BCUT2D eigenvalue weighted by molar-refractivity contribution is 5.94. The molecule has 1 spiro atoms. The highest BCUT2D eigenvalue weighted by Crippen LogP contribution is 2.49. The number of likely N-dealkylation sites (tertiary alicyclic amines) is 2. The van der Waals surface area contributed by atoms with E-state index in [9.17, 15) is 27.9 Å². The summed E-state index contributed by atoms with van der Waals surface area (Å²) in [6.45, 7) is 2.42. The Morgan fingerprint density at radius 2 is 1.66 bits per heavy atom. The molecule has 1 saturated carbocycles. The molecular formula is C28H32F3N3O4. The van der Waals surface area contributed by atoms with E-state index in [4.69, 9.17) is 0 Å². The fourth-order valence-corrected chi connectivity index (χ4v) is 6.08. The average molecular weight is 532 g/mol. The lowest BCUT2D eigenvalue weighted by atomic mass is 9.59. The van der Waals surface area contributed by atoms with Crippen LogP contribution in [0.15, 0.2) is 54.6 Å². The normalized spacial score (nSPS) is 25.2. The first-order valence-electron chi connectivity index (χ1n) is 13.1. The summed E-state index contributed by atoms with van der Waals surface area (Å²) < 4.78 is 41.0. The number of piperidine rings is 1. The molecule has 2 aliphatic heterocycles. The second-order valence-electron chi connectivity index (χ2n) is 10.6. The molecule has 3 fully saturated rings. The number of carbonyl (C=O) groups is 2. The lowest BCUT2D eigenvalue weighted by Gasteiger charge is -2.54. The maximum absolute atomic E-state index is 13.5. The molecule has 0 aromatic heterocycles. The molecule has 1 aliphatic carbocycles. The van der Waals surface area contributed by atoms with E-state index >= 15 is 0 Å². The van der Waals surface area contributed by atoms with E-state index in [1.165, 1.54) is 12.1 Å². The molecule has 38 heavy (non-hydrogen) atoms. The maximum atomic E-state index is 13.5. The summed E-state index contributed by atoms with van der Waals surface area (Å²) >= 11 is 0. The molecule has 2 heterocycles. The number of aliphatic hydroxyl groups excluding tert-OH is 1. The van der Waals surface area contributed by atoms with Crippen LogP contribution in [0.25, 0.3) is 0 Å². The quantitative estimate of drug-likeness (QED) is 0.594. The van der Waals surface area contributed by atoms with Gasteiger partial charge >= 0.3 is 6.36 Å². The molecule has 204 valence electrons. The van der Waals surface area contributed by atoms with E-state index in [2.05, 4.69) is 15.0 Å². The third kappa shape index (κ3) is 5.66. The molecule has 2 aromatic carbocycles. The Hall–Kier alpha value is -3.11. The summed E-state index contributed by atoms with van der Waals surface area (Å²) in [6.07, 6.45) is -1.63. The zero-order valence-corrected chi connectivity index (χ0v) is 21.0. The van der Waals surface area contributed by atoms with E-state index in [0.29, 0.717) is 32.6 Å². The van der Waals surface area contributed by atoms with E-state index in [0.717, 1.165) is 43.4 Å². The van der Waals surface area contributed by atoms with Gasteiger partial charge in [-0.2, -0.15) is 0 Å². The fourth-order valence-electron chi connectivity index (χ4n) is 6.08. The number of nitrogens with zero attached hydrogens (tertiary/aromatic N) is 2. The topological polar surface area (TPSA) is 82.1 Å². The Kier molecular flexibility index (Phi) is 7.37. The van der Waals surface area contributed by atoms with Gasteiger partial charge in [0.25, 0.3) is 5.91 Å². The minimum atomic E-state index is -4.78. The molecule has 2 saturated heterocycles. The van der Waals surface area contributed by atoms with E-state index in [1.54, 1.807) is 0 Å². The lowest BCUT2D eigenvalue weighted by Crippen LogP contribution is -2.61. The van der Waals surface area contributed by atoms with E-state index in [1.807, 2.05) is 35.2 Å². The van der Waals surface area contributed by atoms with E-state index < -0.39 is 18.5 Å². The van der Waals surface area contributed by atoms with Crippen molar-refractivity contribution in [3.63, 3.8) is 0 Å². The van der Waals surface area contributed by atoms with Crippen LogP contribution < -0.4 is 10.1 Å². The van der Waals surface area contributed by atoms with Gasteiger partial charge in [-0.1, -0.05) is 30.3 Å². The summed E-state index contributed by atoms with van der Waals surface area (Å²) in [4.78, 5) is 30.1. The Morgan fingerprint density at radius 3 is 2.26 bits per heavy atom. The Morgan fingerprint density at radius 1 is 0.974 bits per heavy atom. The zero-order chi connectivity index (χ0) is 26.9. The summed E-state index contributed by atoms with van der Waals surface area (Å²) in [7, 11) is 0. The third-order valence-corrected chi connectivity index (χ3v) is 8.35. The Bertz CT molecular complexity index is 1130. The van der Waals surface area contributed by atoms with Gasteiger partial charge in [0.05, 0.1) is 6.10 Å². The summed E-state index contributed by atoms with van der Waals surface area (Å²) in [5, 5.41) is 13.7. The summed E-state index contributed by atoms with van der Waals surface area (Å²) in [5.41, 5.74) is 1.28. The Labute approximate surface area is 219 Å². The monoisotopic (exact) mass is 531 g/mol. The van der Waals surface area contributed by atoms with Crippen molar-refractivity contribution in [2.45, 2.75) is 63.2 Å². The second-order valence-corrected chi connectivity index (χ2v) is 10.6. The number of nitrogens with one attached hydrogen (secondary N) is 1. The predicted molar refractivity (Wildman–Crippen MR) is 133 cm³/mol. The number of amides is 2. The van der Waals surface area contributed by atoms with Crippen molar-refractivity contribution in [1.82, 2.24) is 15.1 Å². The van der Waals surface area contributed by atoms with Crippen molar-refractivity contribution in [3.8, 4) is 5.75 Å². The van der Waals surface area contributed by atoms with Crippen molar-refractivity contribution in [2.24, 2.45) is 5.41 Å². The number of hydrogen-bond acceptors (Lipinski definition) is 5. The lowest BCUT2D eigenvalue weighted by molar-refractivity contribution is -0.274. The molecule has 1 unspecified atom stereocenters. The molecule has 0 bridgehead atoms. The van der Waals surface area contributed by atoms with Crippen LogP contribution in [0.3, 0.4) is 0 Å². The molecule has 2 aromatic rings. The van der Waals surface area contributed by atoms with Crippen molar-refractivity contribution in [1.29, 1.82) is 0 Å². The van der Waals surface area contributed by atoms with Gasteiger partial charge in [-0.15, -0.1) is 13.2 Å². The molecular weight excluding hydrogens is 499 g/mol. The van der Waals surface area contributed by atoms with Crippen LogP contribution in [0.1, 0.15) is 48.0 Å². The number of benzene rings is 2. The van der Waals surface area contributed by atoms with E-state index in [-0.39, 0.29) is 34.6 Å². The van der Waals surface area contributed by atoms with Crippen molar-refractivity contribution < 1.29 is 32.6 Å². The minimum absolute atomic E-state index is 0.0399. The zero-order valence-electron chi connectivity index (χ0n) is 21.0. The molecule has 7 nitrogen and oxygen atoms in total. The van der Waals surface area contributed by atoms with Crippen molar-refractivity contribution in [3.05, 3.63) is 65.7 Å². The molecule has 0 radical (unpaired) electrons. The van der Waals surface area contributed by atoms with Crippen LogP contribution in [-0.2, 0) is 11.3 Å². The van der Waals surface area contributed by atoms with Gasteiger partial charge in [-0.3, -0.25) is 14.5 Å². The van der Waals surface area contributed by atoms with Crippen LogP contribution in [0.5, 0.6) is 5.75 Å². The third-order valence-electron chi connectivity index (χ3n) is 8.35. The molecule has 2 N–H and O–H groups in total. The highest BCUT2D eigenvalue weighted by atomic mass is 19.4. The second kappa shape index (κ2) is 10.6. The van der Waals surface area contributed by atoms with Gasteiger partial charge in [-0.05, 0) is 67.3 Å². The SMILES string of the molecule is O=C(NC1CCC12CCN(C(=O)[C@@H]1[C@@H](O)CCN1Cc1ccccc1)CC2)c1ccc(OC(F)(F)F)cc1. The molecule has 3 atom stereocenters. The largest absolute Gasteiger partial charge is 0.573 e. The van der Waals surface area contributed by atoms with Crippen molar-refractivity contribution in [2.75, 3.05) is 19.6 Å². The van der Waals surface area contributed by atoms with Crippen LogP contribution in [-0.4, -0.2) is 70.9 Å². The number of rotatable bonds is 6. The standard InChI is InChI=1S/C28H32F3N3O4/c29-28(30,31)38-21-8-6-20(7-9-21)25(36)32-23-10-12-27(23)13-16-33(17-14-27)26(37)24-22(35)11-15-34(24)18-19-4-2-1-3-5-19/h1-9,22-24,35H,10-18H2,(H,32,36)/t22-,23?,24-/m0/s1. The first-order chi connectivity index (χ1) is 18.1. The number of carbonyl (C=O) groups excluding carboxylic acids is 2. The van der Waals surface area contributed by atoms with Gasteiger partial charge in [0, 0.05) is 37.8 Å². The smallest absolute Gasteiger partial charge is 0.406 e. The summed E-state index contributed by atoms with van der Waals surface area (Å²) in [6, 6.07) is 14.2. The Balaban J connectivity index is 1.15. The molecule has 10 heteroatoms. The first-order valence-corrected chi connectivity index (χ1v) is 13.1. The number of alkyl halides is 3. The van der Waals surface area contributed by atoms with Gasteiger partial charge in [-0.25, -0.2) is 0 Å². The first kappa shape index (κ1) is 26.5. The summed E-state index contributed by atoms with van der Waals surface area (Å²) in [5.74, 6) is -0.750. The number of hydrogen-bond donors (Lipinski definition) is 2. The number of aliphatic hydroxyl groups is 1. The maximum Gasteiger partial charge on any atom is 0.573 e.